The van der Waals surface area contributed by atoms with Crippen LogP contribution < -0.4 is 10.2 Å². The first-order valence-electron chi connectivity index (χ1n) is 9.80. The molecule has 1 aliphatic heterocycles. The van der Waals surface area contributed by atoms with Crippen LogP contribution in [-0.4, -0.2) is 46.1 Å². The Hall–Kier alpha value is -2.93. The van der Waals surface area contributed by atoms with Gasteiger partial charge in [0, 0.05) is 43.2 Å². The molecule has 1 aromatic carbocycles. The van der Waals surface area contributed by atoms with Crippen LogP contribution in [0.2, 0.25) is 0 Å². The summed E-state index contributed by atoms with van der Waals surface area (Å²) in [6.45, 7) is 6.68. The number of aromatic nitrogens is 4. The summed E-state index contributed by atoms with van der Waals surface area (Å²) in [7, 11) is 0. The van der Waals surface area contributed by atoms with Gasteiger partial charge in [-0.25, -0.2) is 4.98 Å². The van der Waals surface area contributed by atoms with Crippen LogP contribution in [0.5, 0.6) is 0 Å². The van der Waals surface area contributed by atoms with E-state index < -0.39 is 0 Å². The van der Waals surface area contributed by atoms with Crippen molar-refractivity contribution in [3.63, 3.8) is 0 Å². The molecule has 0 amide bonds. The van der Waals surface area contributed by atoms with Crippen molar-refractivity contribution >= 4 is 11.8 Å². The zero-order chi connectivity index (χ0) is 19.2. The van der Waals surface area contributed by atoms with E-state index in [2.05, 4.69) is 45.6 Å². The van der Waals surface area contributed by atoms with Gasteiger partial charge < -0.3 is 15.0 Å². The van der Waals surface area contributed by atoms with E-state index in [4.69, 9.17) is 9.72 Å². The molecular formula is C21H26N6O. The van der Waals surface area contributed by atoms with Crippen molar-refractivity contribution in [1.82, 2.24) is 19.7 Å². The van der Waals surface area contributed by atoms with Gasteiger partial charge in [-0.15, -0.1) is 0 Å². The summed E-state index contributed by atoms with van der Waals surface area (Å²) < 4.78 is 7.40. The zero-order valence-corrected chi connectivity index (χ0v) is 16.2. The average molecular weight is 378 g/mol. The minimum Gasteiger partial charge on any atom is -0.378 e. The van der Waals surface area contributed by atoms with Gasteiger partial charge >= 0.3 is 0 Å². The fraction of sp³-hybridized carbons (Fsp3) is 0.381. The molecule has 1 fully saturated rings. The second-order valence-electron chi connectivity index (χ2n) is 6.88. The lowest BCUT2D eigenvalue weighted by Gasteiger charge is -2.27. The number of hydrogen-bond acceptors (Lipinski definition) is 6. The molecule has 0 saturated carbocycles. The molecule has 1 aliphatic rings. The summed E-state index contributed by atoms with van der Waals surface area (Å²) in [5, 5.41) is 7.90. The quantitative estimate of drug-likeness (QED) is 0.682. The Morgan fingerprint density at radius 3 is 2.68 bits per heavy atom. The van der Waals surface area contributed by atoms with E-state index in [1.807, 2.05) is 35.1 Å². The van der Waals surface area contributed by atoms with Gasteiger partial charge in [-0.1, -0.05) is 37.3 Å². The monoisotopic (exact) mass is 378 g/mol. The molecule has 7 heteroatoms. The van der Waals surface area contributed by atoms with Gasteiger partial charge in [0.05, 0.1) is 26.0 Å². The molecule has 1 N–H and O–H groups in total. The molecule has 0 aliphatic carbocycles. The Morgan fingerprint density at radius 1 is 1.07 bits per heavy atom. The van der Waals surface area contributed by atoms with Crippen molar-refractivity contribution in [2.24, 2.45) is 0 Å². The molecule has 0 spiro atoms. The summed E-state index contributed by atoms with van der Waals surface area (Å²) in [4.78, 5) is 11.6. The van der Waals surface area contributed by atoms with E-state index in [-0.39, 0.29) is 0 Å². The largest absolute Gasteiger partial charge is 0.378 e. The average Bonchev–Trinajstić information content (AvgIpc) is 3.20. The van der Waals surface area contributed by atoms with Gasteiger partial charge in [0.1, 0.15) is 5.82 Å². The topological polar surface area (TPSA) is 68.1 Å². The van der Waals surface area contributed by atoms with E-state index >= 15 is 0 Å². The number of aryl methyl sites for hydroxylation is 1. The van der Waals surface area contributed by atoms with Crippen molar-refractivity contribution in [2.45, 2.75) is 26.4 Å². The number of nitrogens with one attached hydrogen (secondary N) is 1. The second-order valence-corrected chi connectivity index (χ2v) is 6.88. The summed E-state index contributed by atoms with van der Waals surface area (Å²) in [5.74, 6) is 1.63. The fourth-order valence-corrected chi connectivity index (χ4v) is 3.21. The highest BCUT2D eigenvalue weighted by Crippen LogP contribution is 2.17. The predicted octanol–water partition coefficient (Wildman–Crippen LogP) is 2.73. The minimum absolute atomic E-state index is 0.678. The van der Waals surface area contributed by atoms with Crippen LogP contribution in [0, 0.1) is 0 Å². The van der Waals surface area contributed by atoms with Crippen molar-refractivity contribution in [3.05, 3.63) is 65.6 Å². The first-order valence-corrected chi connectivity index (χ1v) is 9.80. The number of hydrogen-bond donors (Lipinski definition) is 1. The van der Waals surface area contributed by atoms with E-state index in [0.29, 0.717) is 6.54 Å². The van der Waals surface area contributed by atoms with E-state index in [1.54, 1.807) is 0 Å². The van der Waals surface area contributed by atoms with Crippen molar-refractivity contribution in [3.8, 4) is 0 Å². The highest BCUT2D eigenvalue weighted by atomic mass is 16.5. The minimum atomic E-state index is 0.678. The van der Waals surface area contributed by atoms with Crippen LogP contribution in [0.4, 0.5) is 11.8 Å². The second kappa shape index (κ2) is 8.84. The standard InChI is InChI=1S/C21H26N6O/c1-2-19-12-20(25-21(24-19)26-8-10-28-11-9-26)22-13-18-14-23-27(16-18)15-17-6-4-3-5-7-17/h3-7,12,14,16H,2,8-11,13,15H2,1H3,(H,22,24,25). The molecule has 3 heterocycles. The highest BCUT2D eigenvalue weighted by Gasteiger charge is 2.15. The van der Waals surface area contributed by atoms with E-state index in [0.717, 1.165) is 62.3 Å². The van der Waals surface area contributed by atoms with Crippen LogP contribution in [0.25, 0.3) is 0 Å². The van der Waals surface area contributed by atoms with Gasteiger partial charge in [-0.3, -0.25) is 4.68 Å². The normalized spacial score (nSPS) is 14.2. The number of nitrogens with zero attached hydrogens (tertiary/aromatic N) is 5. The first-order chi connectivity index (χ1) is 13.8. The lowest BCUT2D eigenvalue weighted by molar-refractivity contribution is 0.122. The molecule has 0 unspecified atom stereocenters. The third-order valence-corrected chi connectivity index (χ3v) is 4.77. The Morgan fingerprint density at radius 2 is 1.89 bits per heavy atom. The molecular weight excluding hydrogens is 352 g/mol. The molecule has 2 aromatic heterocycles. The highest BCUT2D eigenvalue weighted by molar-refractivity contribution is 5.44. The van der Waals surface area contributed by atoms with Gasteiger partial charge in [0.25, 0.3) is 0 Å². The lowest BCUT2D eigenvalue weighted by atomic mass is 10.2. The molecule has 7 nitrogen and oxygen atoms in total. The predicted molar refractivity (Wildman–Crippen MR) is 110 cm³/mol. The number of rotatable bonds is 7. The number of ether oxygens (including phenoxy) is 1. The van der Waals surface area contributed by atoms with Crippen molar-refractivity contribution in [1.29, 1.82) is 0 Å². The molecule has 146 valence electrons. The summed E-state index contributed by atoms with van der Waals surface area (Å²) in [6.07, 6.45) is 4.86. The molecule has 3 aromatic rings. The summed E-state index contributed by atoms with van der Waals surface area (Å²) >= 11 is 0. The maximum absolute atomic E-state index is 5.44. The maximum atomic E-state index is 5.44. The van der Waals surface area contributed by atoms with Gasteiger partial charge in [-0.05, 0) is 12.0 Å². The smallest absolute Gasteiger partial charge is 0.227 e. The molecule has 28 heavy (non-hydrogen) atoms. The zero-order valence-electron chi connectivity index (χ0n) is 16.2. The fourth-order valence-electron chi connectivity index (χ4n) is 3.21. The van der Waals surface area contributed by atoms with E-state index in [1.165, 1.54) is 5.56 Å². The molecule has 1 saturated heterocycles. The number of benzene rings is 1. The van der Waals surface area contributed by atoms with Gasteiger partial charge in [0.15, 0.2) is 0 Å². The van der Waals surface area contributed by atoms with Crippen LogP contribution in [0.15, 0.2) is 48.8 Å². The third-order valence-electron chi connectivity index (χ3n) is 4.77. The van der Waals surface area contributed by atoms with Crippen LogP contribution in [-0.2, 0) is 24.2 Å². The summed E-state index contributed by atoms with van der Waals surface area (Å²) in [5.41, 5.74) is 3.41. The van der Waals surface area contributed by atoms with Gasteiger partial charge in [-0.2, -0.15) is 10.1 Å². The third kappa shape index (κ3) is 4.67. The Labute approximate surface area is 165 Å². The lowest BCUT2D eigenvalue weighted by Crippen LogP contribution is -2.37. The SMILES string of the molecule is CCc1cc(NCc2cnn(Cc3ccccc3)c2)nc(N2CCOCC2)n1. The van der Waals surface area contributed by atoms with Crippen molar-refractivity contribution < 1.29 is 4.74 Å². The number of morpholine rings is 1. The molecule has 0 radical (unpaired) electrons. The van der Waals surface area contributed by atoms with E-state index in [9.17, 15) is 0 Å². The molecule has 0 atom stereocenters. The molecule has 4 rings (SSSR count). The summed E-state index contributed by atoms with van der Waals surface area (Å²) in [6, 6.07) is 12.4. The Bertz CT molecular complexity index is 889. The van der Waals surface area contributed by atoms with Crippen molar-refractivity contribution in [2.75, 3.05) is 36.5 Å². The first kappa shape index (κ1) is 18.4. The van der Waals surface area contributed by atoms with Crippen LogP contribution in [0.1, 0.15) is 23.7 Å². The Balaban J connectivity index is 1.41. The number of anilines is 2. The van der Waals surface area contributed by atoms with Crippen LogP contribution >= 0.6 is 0 Å². The Kier molecular flexibility index (Phi) is 5.82. The molecule has 0 bridgehead atoms. The van der Waals surface area contributed by atoms with Gasteiger partial charge in [0.2, 0.25) is 5.95 Å². The maximum Gasteiger partial charge on any atom is 0.227 e. The van der Waals surface area contributed by atoms with Crippen LogP contribution in [0.3, 0.4) is 0 Å².